The van der Waals surface area contributed by atoms with Crippen LogP contribution in [0.25, 0.3) is 0 Å². The Morgan fingerprint density at radius 2 is 2.33 bits per heavy atom. The van der Waals surface area contributed by atoms with Crippen LogP contribution in [-0.4, -0.2) is 35.2 Å². The number of carbonyl (C=O) groups is 1. The van der Waals surface area contributed by atoms with Crippen molar-refractivity contribution in [2.24, 2.45) is 5.92 Å². The van der Waals surface area contributed by atoms with Gasteiger partial charge < -0.3 is 15.3 Å². The first kappa shape index (κ1) is 13.4. The Morgan fingerprint density at radius 1 is 1.56 bits per heavy atom. The summed E-state index contributed by atoms with van der Waals surface area (Å²) in [5.74, 6) is 0.264. The molecule has 0 spiro atoms. The second kappa shape index (κ2) is 5.71. The lowest BCUT2D eigenvalue weighted by atomic mass is 9.96. The molecule has 0 radical (unpaired) electrons. The van der Waals surface area contributed by atoms with Crippen LogP contribution in [0.15, 0.2) is 28.7 Å². The highest BCUT2D eigenvalue weighted by Crippen LogP contribution is 2.19. The zero-order valence-corrected chi connectivity index (χ0v) is 11.9. The number of rotatable bonds is 1. The van der Waals surface area contributed by atoms with Crippen LogP contribution < -0.4 is 5.32 Å². The first-order chi connectivity index (χ1) is 8.56. The van der Waals surface area contributed by atoms with E-state index in [2.05, 4.69) is 21.2 Å². The van der Waals surface area contributed by atoms with Crippen molar-refractivity contribution < 1.29 is 9.90 Å². The van der Waals surface area contributed by atoms with Crippen LogP contribution in [0.3, 0.4) is 0 Å². The fourth-order valence-corrected chi connectivity index (χ4v) is 2.40. The lowest BCUT2D eigenvalue weighted by molar-refractivity contribution is 0.0464. The average Bonchev–Trinajstić information content (AvgIpc) is 2.32. The number of β-amino-alcohol motifs (C(OH)–C–C–N with tert-alkyl or cyclic N) is 1. The average molecular weight is 313 g/mol. The van der Waals surface area contributed by atoms with Gasteiger partial charge in [-0.1, -0.05) is 28.9 Å². The number of amides is 2. The van der Waals surface area contributed by atoms with Crippen LogP contribution in [0.2, 0.25) is 0 Å². The molecule has 1 aromatic rings. The van der Waals surface area contributed by atoms with Crippen molar-refractivity contribution in [3.05, 3.63) is 28.7 Å². The van der Waals surface area contributed by atoms with Crippen molar-refractivity contribution >= 4 is 27.6 Å². The zero-order chi connectivity index (χ0) is 13.1. The molecule has 1 aliphatic heterocycles. The van der Waals surface area contributed by atoms with Crippen LogP contribution >= 0.6 is 15.9 Å². The molecule has 4 nitrogen and oxygen atoms in total. The smallest absolute Gasteiger partial charge is 0.321 e. The maximum atomic E-state index is 12.0. The van der Waals surface area contributed by atoms with Crippen molar-refractivity contribution in [3.63, 3.8) is 0 Å². The van der Waals surface area contributed by atoms with E-state index in [0.717, 1.165) is 16.6 Å². The third kappa shape index (κ3) is 3.23. The SMILES string of the molecule is CC1CCN(C(=O)Nc2cccc(Br)c2)CC1O. The van der Waals surface area contributed by atoms with Crippen LogP contribution in [0.4, 0.5) is 10.5 Å². The molecule has 2 amide bonds. The Bertz CT molecular complexity index is 439. The minimum atomic E-state index is -0.424. The molecule has 98 valence electrons. The fraction of sp³-hybridized carbons (Fsp3) is 0.462. The number of hydrogen-bond acceptors (Lipinski definition) is 2. The summed E-state index contributed by atoms with van der Waals surface area (Å²) in [5.41, 5.74) is 0.752. The summed E-state index contributed by atoms with van der Waals surface area (Å²) in [6, 6.07) is 7.31. The third-order valence-electron chi connectivity index (χ3n) is 3.28. The number of nitrogens with zero attached hydrogens (tertiary/aromatic N) is 1. The van der Waals surface area contributed by atoms with Crippen molar-refractivity contribution in [1.82, 2.24) is 4.90 Å². The van der Waals surface area contributed by atoms with Crippen molar-refractivity contribution in [2.75, 3.05) is 18.4 Å². The molecule has 5 heteroatoms. The maximum absolute atomic E-state index is 12.0. The summed E-state index contributed by atoms with van der Waals surface area (Å²) in [4.78, 5) is 13.7. The molecule has 0 aliphatic carbocycles. The number of likely N-dealkylation sites (tertiary alicyclic amines) is 1. The van der Waals surface area contributed by atoms with Gasteiger partial charge in [0.2, 0.25) is 0 Å². The Labute approximate surface area is 115 Å². The topological polar surface area (TPSA) is 52.6 Å². The monoisotopic (exact) mass is 312 g/mol. The highest BCUT2D eigenvalue weighted by atomic mass is 79.9. The Morgan fingerprint density at radius 3 is 3.00 bits per heavy atom. The summed E-state index contributed by atoms with van der Waals surface area (Å²) in [6.45, 7) is 3.10. The number of hydrogen-bond donors (Lipinski definition) is 2. The molecule has 0 saturated carbocycles. The van der Waals surface area contributed by atoms with E-state index in [1.807, 2.05) is 31.2 Å². The van der Waals surface area contributed by atoms with Gasteiger partial charge in [0.25, 0.3) is 0 Å². The molecule has 1 aromatic carbocycles. The first-order valence-electron chi connectivity index (χ1n) is 6.06. The number of urea groups is 1. The molecule has 2 unspecified atom stereocenters. The molecular weight excluding hydrogens is 296 g/mol. The summed E-state index contributed by atoms with van der Waals surface area (Å²) in [7, 11) is 0. The van der Waals surface area contributed by atoms with E-state index in [1.54, 1.807) is 4.90 Å². The minimum absolute atomic E-state index is 0.154. The quantitative estimate of drug-likeness (QED) is 0.837. The Hall–Kier alpha value is -1.07. The molecule has 1 aliphatic rings. The van der Waals surface area contributed by atoms with E-state index in [-0.39, 0.29) is 11.9 Å². The van der Waals surface area contributed by atoms with E-state index in [9.17, 15) is 9.90 Å². The van der Waals surface area contributed by atoms with Crippen molar-refractivity contribution in [2.45, 2.75) is 19.4 Å². The molecule has 1 saturated heterocycles. The lowest BCUT2D eigenvalue weighted by Crippen LogP contribution is -2.47. The molecule has 2 rings (SSSR count). The molecule has 0 aromatic heterocycles. The van der Waals surface area contributed by atoms with Crippen LogP contribution in [0.5, 0.6) is 0 Å². The normalized spacial score (nSPS) is 23.8. The van der Waals surface area contributed by atoms with E-state index < -0.39 is 6.10 Å². The number of piperidine rings is 1. The maximum Gasteiger partial charge on any atom is 0.321 e. The van der Waals surface area contributed by atoms with Crippen LogP contribution in [0, 0.1) is 5.92 Å². The van der Waals surface area contributed by atoms with Gasteiger partial charge in [0, 0.05) is 23.2 Å². The van der Waals surface area contributed by atoms with Gasteiger partial charge >= 0.3 is 6.03 Å². The molecular formula is C13H17BrN2O2. The highest BCUT2D eigenvalue weighted by molar-refractivity contribution is 9.10. The van der Waals surface area contributed by atoms with Crippen molar-refractivity contribution in [3.8, 4) is 0 Å². The Balaban J connectivity index is 1.96. The molecule has 1 fully saturated rings. The van der Waals surface area contributed by atoms with Gasteiger partial charge in [-0.25, -0.2) is 4.79 Å². The molecule has 2 atom stereocenters. The second-order valence-electron chi connectivity index (χ2n) is 4.72. The number of nitrogens with one attached hydrogen (secondary N) is 1. The lowest BCUT2D eigenvalue weighted by Gasteiger charge is -2.34. The predicted molar refractivity (Wildman–Crippen MR) is 74.5 cm³/mol. The summed E-state index contributed by atoms with van der Waals surface area (Å²) in [6.07, 6.45) is 0.416. The van der Waals surface area contributed by atoms with Crippen molar-refractivity contribution in [1.29, 1.82) is 0 Å². The summed E-state index contributed by atoms with van der Waals surface area (Å²) >= 11 is 3.36. The number of halogens is 1. The van der Waals surface area contributed by atoms with E-state index in [0.29, 0.717) is 13.1 Å². The zero-order valence-electron chi connectivity index (χ0n) is 10.3. The van der Waals surface area contributed by atoms with E-state index >= 15 is 0 Å². The van der Waals surface area contributed by atoms with Crippen LogP contribution in [0.1, 0.15) is 13.3 Å². The standard InChI is InChI=1S/C13H17BrN2O2/c1-9-5-6-16(8-12(9)17)13(18)15-11-4-2-3-10(14)7-11/h2-4,7,9,12,17H,5-6,8H2,1H3,(H,15,18). The number of carbonyl (C=O) groups excluding carboxylic acids is 1. The molecule has 0 bridgehead atoms. The van der Waals surface area contributed by atoms with Gasteiger partial charge in [-0.15, -0.1) is 0 Å². The number of anilines is 1. The second-order valence-corrected chi connectivity index (χ2v) is 5.64. The number of aliphatic hydroxyl groups excluding tert-OH is 1. The third-order valence-corrected chi connectivity index (χ3v) is 3.78. The fourth-order valence-electron chi connectivity index (χ4n) is 2.00. The van der Waals surface area contributed by atoms with E-state index in [4.69, 9.17) is 0 Å². The predicted octanol–water partition coefficient (Wildman–Crippen LogP) is 2.68. The van der Waals surface area contributed by atoms with Gasteiger partial charge in [-0.3, -0.25) is 0 Å². The molecule has 18 heavy (non-hydrogen) atoms. The highest BCUT2D eigenvalue weighted by Gasteiger charge is 2.27. The van der Waals surface area contributed by atoms with Gasteiger partial charge in [-0.2, -0.15) is 0 Å². The van der Waals surface area contributed by atoms with E-state index in [1.165, 1.54) is 0 Å². The van der Waals surface area contributed by atoms with Crippen LogP contribution in [-0.2, 0) is 0 Å². The molecule has 2 N–H and O–H groups in total. The van der Waals surface area contributed by atoms with Gasteiger partial charge in [-0.05, 0) is 30.5 Å². The largest absolute Gasteiger partial charge is 0.391 e. The summed E-state index contributed by atoms with van der Waals surface area (Å²) < 4.78 is 0.924. The first-order valence-corrected chi connectivity index (χ1v) is 6.85. The number of aliphatic hydroxyl groups is 1. The number of benzene rings is 1. The van der Waals surface area contributed by atoms with Gasteiger partial charge in [0.05, 0.1) is 6.10 Å². The Kier molecular flexibility index (Phi) is 4.24. The van der Waals surface area contributed by atoms with Gasteiger partial charge in [0.1, 0.15) is 0 Å². The minimum Gasteiger partial charge on any atom is -0.391 e. The summed E-state index contributed by atoms with van der Waals surface area (Å²) in [5, 5.41) is 12.6. The molecule has 1 heterocycles. The van der Waals surface area contributed by atoms with Gasteiger partial charge in [0.15, 0.2) is 0 Å².